The maximum Gasteiger partial charge on any atom is 0.337 e. The molecule has 6 rings (SSSR count). The average molecular weight is 541 g/mol. The first-order chi connectivity index (χ1) is 18.8. The number of aromatic carboxylic acids is 1. The first-order valence-electron chi connectivity index (χ1n) is 12.7. The van der Waals surface area contributed by atoms with Crippen molar-refractivity contribution in [1.82, 2.24) is 9.13 Å². The van der Waals surface area contributed by atoms with Crippen molar-refractivity contribution in [1.29, 1.82) is 0 Å². The molecule has 0 aliphatic carbocycles. The second-order valence-electron chi connectivity index (χ2n) is 9.93. The van der Waals surface area contributed by atoms with E-state index < -0.39 is 21.6 Å². The number of fused-ring (bicyclic) bond motifs is 2. The molecular formula is C31H25FN2O4S. The van der Waals surface area contributed by atoms with Gasteiger partial charge in [-0.25, -0.2) is 17.6 Å². The smallest absolute Gasteiger partial charge is 0.337 e. The summed E-state index contributed by atoms with van der Waals surface area (Å²) in [5.74, 6) is 4.96. The van der Waals surface area contributed by atoms with Crippen molar-refractivity contribution in [2.75, 3.05) is 11.5 Å². The number of halogens is 1. The van der Waals surface area contributed by atoms with Crippen LogP contribution in [0.3, 0.4) is 0 Å². The zero-order valence-electron chi connectivity index (χ0n) is 21.0. The van der Waals surface area contributed by atoms with Gasteiger partial charge < -0.3 is 14.2 Å². The van der Waals surface area contributed by atoms with Crippen LogP contribution in [0, 0.1) is 23.6 Å². The van der Waals surface area contributed by atoms with Gasteiger partial charge >= 0.3 is 5.97 Å². The van der Waals surface area contributed by atoms with Crippen LogP contribution in [-0.4, -0.2) is 40.1 Å². The van der Waals surface area contributed by atoms with Gasteiger partial charge in [-0.15, -0.1) is 0 Å². The molecule has 0 bridgehead atoms. The van der Waals surface area contributed by atoms with E-state index in [-0.39, 0.29) is 28.6 Å². The summed E-state index contributed by atoms with van der Waals surface area (Å²) in [4.78, 5) is 12.1. The summed E-state index contributed by atoms with van der Waals surface area (Å²) in [5.41, 5.74) is 2.48. The average Bonchev–Trinajstić information content (AvgIpc) is 3.54. The zero-order valence-corrected chi connectivity index (χ0v) is 21.8. The molecule has 1 aliphatic heterocycles. The Morgan fingerprint density at radius 3 is 2.44 bits per heavy atom. The molecule has 3 aromatic carbocycles. The van der Waals surface area contributed by atoms with Crippen LogP contribution in [-0.2, 0) is 16.4 Å². The van der Waals surface area contributed by atoms with Crippen LogP contribution < -0.4 is 0 Å². The van der Waals surface area contributed by atoms with Crippen LogP contribution in [0.1, 0.15) is 34.3 Å². The fourth-order valence-corrected chi connectivity index (χ4v) is 6.98. The van der Waals surface area contributed by atoms with Gasteiger partial charge in [0.25, 0.3) is 0 Å². The molecule has 196 valence electrons. The Kier molecular flexibility index (Phi) is 6.24. The molecule has 1 fully saturated rings. The van der Waals surface area contributed by atoms with Crippen molar-refractivity contribution >= 4 is 37.6 Å². The molecule has 0 unspecified atom stereocenters. The highest BCUT2D eigenvalue weighted by Crippen LogP contribution is 2.28. The number of carboxylic acids is 1. The minimum Gasteiger partial charge on any atom is -0.478 e. The van der Waals surface area contributed by atoms with Crippen LogP contribution in [0.4, 0.5) is 4.39 Å². The SMILES string of the molecule is O=C(O)c1cccc(C#Cc2ccc3ccn(CC4CCS(=O)(=O)CC4)c3c2F)c1-n1ccc2ccccc21. The summed E-state index contributed by atoms with van der Waals surface area (Å²) in [5, 5.41) is 11.6. The first kappa shape index (κ1) is 25.0. The predicted molar refractivity (Wildman–Crippen MR) is 149 cm³/mol. The second-order valence-corrected chi connectivity index (χ2v) is 12.2. The Bertz CT molecular complexity index is 1910. The standard InChI is InChI=1S/C31H25FN2O4S/c32-28-23(9-11-25-12-16-33(30(25)28)20-21-14-18-39(37,38)19-15-21)8-10-24-5-3-6-26(31(35)36)29(24)34-17-13-22-4-1-2-7-27(22)34/h1-7,9,11-13,16-17,21H,14-15,18-20H2,(H,35,36). The molecule has 8 heteroatoms. The number of para-hydroxylation sites is 2. The van der Waals surface area contributed by atoms with Crippen LogP contribution >= 0.6 is 0 Å². The number of hydrogen-bond donors (Lipinski definition) is 1. The highest BCUT2D eigenvalue weighted by Gasteiger charge is 2.24. The van der Waals surface area contributed by atoms with E-state index in [4.69, 9.17) is 0 Å². The van der Waals surface area contributed by atoms with Gasteiger partial charge in [-0.3, -0.25) is 0 Å². The van der Waals surface area contributed by atoms with Crippen molar-refractivity contribution in [3.05, 3.63) is 102 Å². The summed E-state index contributed by atoms with van der Waals surface area (Å²) in [6, 6.07) is 19.8. The number of benzene rings is 3. The largest absolute Gasteiger partial charge is 0.478 e. The molecule has 1 N–H and O–H groups in total. The van der Waals surface area contributed by atoms with Crippen molar-refractivity contribution in [3.8, 4) is 17.5 Å². The lowest BCUT2D eigenvalue weighted by atomic mass is 10.0. The lowest BCUT2D eigenvalue weighted by molar-refractivity contribution is 0.0697. The van der Waals surface area contributed by atoms with E-state index >= 15 is 4.39 Å². The highest BCUT2D eigenvalue weighted by molar-refractivity contribution is 7.91. The molecule has 0 saturated carbocycles. The number of aromatic nitrogens is 2. The van der Waals surface area contributed by atoms with Crippen LogP contribution in [0.25, 0.3) is 27.5 Å². The van der Waals surface area contributed by atoms with E-state index in [0.29, 0.717) is 36.2 Å². The summed E-state index contributed by atoms with van der Waals surface area (Å²) in [6.07, 6.45) is 4.78. The molecule has 1 aliphatic rings. The molecular weight excluding hydrogens is 515 g/mol. The molecule has 1 saturated heterocycles. The predicted octanol–water partition coefficient (Wildman–Crippen LogP) is 5.65. The lowest BCUT2D eigenvalue weighted by Crippen LogP contribution is -2.26. The van der Waals surface area contributed by atoms with Crippen molar-refractivity contribution in [2.45, 2.75) is 19.4 Å². The molecule has 5 aromatic rings. The van der Waals surface area contributed by atoms with Gasteiger partial charge in [0.05, 0.1) is 39.4 Å². The summed E-state index contributed by atoms with van der Waals surface area (Å²) in [7, 11) is -2.97. The van der Waals surface area contributed by atoms with Crippen molar-refractivity contribution in [2.24, 2.45) is 5.92 Å². The molecule has 0 spiro atoms. The Labute approximate surface area is 225 Å². The van der Waals surface area contributed by atoms with E-state index in [1.54, 1.807) is 22.8 Å². The minimum absolute atomic E-state index is 0.0995. The number of rotatable bonds is 4. The molecule has 2 aromatic heterocycles. The van der Waals surface area contributed by atoms with Crippen molar-refractivity contribution < 1.29 is 22.7 Å². The third-order valence-corrected chi connectivity index (χ3v) is 9.15. The van der Waals surface area contributed by atoms with Gasteiger partial charge in [0, 0.05) is 29.9 Å². The normalized spacial score (nSPS) is 15.3. The van der Waals surface area contributed by atoms with Gasteiger partial charge in [-0.1, -0.05) is 42.2 Å². The lowest BCUT2D eigenvalue weighted by Gasteiger charge is -2.22. The maximum atomic E-state index is 15.8. The van der Waals surface area contributed by atoms with Crippen LogP contribution in [0.2, 0.25) is 0 Å². The van der Waals surface area contributed by atoms with E-state index in [2.05, 4.69) is 11.8 Å². The Morgan fingerprint density at radius 1 is 0.897 bits per heavy atom. The van der Waals surface area contributed by atoms with Gasteiger partial charge in [-0.2, -0.15) is 0 Å². The zero-order chi connectivity index (χ0) is 27.1. The summed E-state index contributed by atoms with van der Waals surface area (Å²) in [6.45, 7) is 0.540. The minimum atomic E-state index is -2.97. The first-order valence-corrected chi connectivity index (χ1v) is 14.6. The van der Waals surface area contributed by atoms with Gasteiger partial charge in [0.15, 0.2) is 5.82 Å². The second kappa shape index (κ2) is 9.75. The summed E-state index contributed by atoms with van der Waals surface area (Å²) >= 11 is 0. The fourth-order valence-electron chi connectivity index (χ4n) is 5.39. The third-order valence-electron chi connectivity index (χ3n) is 7.44. The molecule has 3 heterocycles. The van der Waals surface area contributed by atoms with E-state index in [1.807, 2.05) is 59.4 Å². The maximum absolute atomic E-state index is 15.8. The molecule has 0 atom stereocenters. The number of hydrogen-bond acceptors (Lipinski definition) is 3. The number of sulfone groups is 1. The number of carbonyl (C=O) groups is 1. The molecule has 0 radical (unpaired) electrons. The van der Waals surface area contributed by atoms with Gasteiger partial charge in [-0.05, 0) is 60.5 Å². The summed E-state index contributed by atoms with van der Waals surface area (Å²) < 4.78 is 43.1. The Balaban J connectivity index is 1.40. The van der Waals surface area contributed by atoms with Crippen LogP contribution in [0.15, 0.2) is 79.1 Å². The van der Waals surface area contributed by atoms with Gasteiger partial charge in [0.1, 0.15) is 9.84 Å². The molecule has 39 heavy (non-hydrogen) atoms. The highest BCUT2D eigenvalue weighted by atomic mass is 32.2. The van der Waals surface area contributed by atoms with Crippen LogP contribution in [0.5, 0.6) is 0 Å². The number of carboxylic acid groups (broad SMARTS) is 1. The topological polar surface area (TPSA) is 81.3 Å². The quantitative estimate of drug-likeness (QED) is 0.299. The van der Waals surface area contributed by atoms with Gasteiger partial charge in [0.2, 0.25) is 0 Å². The Morgan fingerprint density at radius 2 is 1.64 bits per heavy atom. The van der Waals surface area contributed by atoms with Crippen molar-refractivity contribution in [3.63, 3.8) is 0 Å². The van der Waals surface area contributed by atoms with E-state index in [0.717, 1.165) is 16.3 Å². The van der Waals surface area contributed by atoms with E-state index in [1.165, 1.54) is 6.07 Å². The number of nitrogens with zero attached hydrogens (tertiary/aromatic N) is 2. The Hall–Kier alpha value is -4.35. The fraction of sp³-hybridized carbons (Fsp3) is 0.194. The third kappa shape index (κ3) is 4.70. The molecule has 0 amide bonds. The van der Waals surface area contributed by atoms with E-state index in [9.17, 15) is 18.3 Å². The molecule has 6 nitrogen and oxygen atoms in total. The monoisotopic (exact) mass is 540 g/mol.